The lowest BCUT2D eigenvalue weighted by atomic mass is 9.94. The molecule has 26 heavy (non-hydrogen) atoms. The second-order valence-electron chi connectivity index (χ2n) is 6.43. The highest BCUT2D eigenvalue weighted by Crippen LogP contribution is 2.36. The Morgan fingerprint density at radius 2 is 2.08 bits per heavy atom. The largest absolute Gasteiger partial charge is 0.356 e. The number of nitrogens with zero attached hydrogens (tertiary/aromatic N) is 2. The van der Waals surface area contributed by atoms with Gasteiger partial charge in [0, 0.05) is 45.4 Å². The predicted octanol–water partition coefficient (Wildman–Crippen LogP) is -0.0376. The highest BCUT2D eigenvalue weighted by atomic mass is 16.2. The van der Waals surface area contributed by atoms with E-state index in [-0.39, 0.29) is 30.2 Å². The topological polar surface area (TPSA) is 117 Å². The van der Waals surface area contributed by atoms with Crippen LogP contribution in [0.3, 0.4) is 0 Å². The zero-order valence-corrected chi connectivity index (χ0v) is 15.1. The number of nitrogens with one attached hydrogen (secondary N) is 2. The third-order valence-electron chi connectivity index (χ3n) is 4.53. The van der Waals surface area contributed by atoms with Crippen molar-refractivity contribution in [1.82, 2.24) is 20.5 Å². The first-order valence-corrected chi connectivity index (χ1v) is 8.94. The fraction of sp³-hybridized carbons (Fsp3) is 0.556. The quantitative estimate of drug-likeness (QED) is 0.534. The molecule has 8 heteroatoms. The number of amides is 3. The van der Waals surface area contributed by atoms with Crippen LogP contribution >= 0.6 is 0 Å². The van der Waals surface area contributed by atoms with Gasteiger partial charge in [0.25, 0.3) is 0 Å². The van der Waals surface area contributed by atoms with Gasteiger partial charge in [-0.3, -0.25) is 19.4 Å². The van der Waals surface area contributed by atoms with Gasteiger partial charge < -0.3 is 21.3 Å². The number of hydrogen-bond donors (Lipinski definition) is 3. The molecule has 2 atom stereocenters. The molecule has 3 amide bonds. The van der Waals surface area contributed by atoms with Crippen molar-refractivity contribution in [2.45, 2.75) is 31.7 Å². The monoisotopic (exact) mass is 361 g/mol. The third-order valence-corrected chi connectivity index (χ3v) is 4.53. The highest BCUT2D eigenvalue weighted by molar-refractivity contribution is 5.90. The molecule has 1 fully saturated rings. The van der Waals surface area contributed by atoms with Crippen LogP contribution in [0.1, 0.15) is 37.3 Å². The number of hydrogen-bond acceptors (Lipinski definition) is 5. The van der Waals surface area contributed by atoms with Gasteiger partial charge in [0.1, 0.15) is 0 Å². The fourth-order valence-corrected chi connectivity index (χ4v) is 3.12. The van der Waals surface area contributed by atoms with Gasteiger partial charge in [-0.15, -0.1) is 0 Å². The molecule has 0 saturated carbocycles. The zero-order valence-electron chi connectivity index (χ0n) is 15.1. The average molecular weight is 361 g/mol. The highest BCUT2D eigenvalue weighted by Gasteiger charge is 2.42. The van der Waals surface area contributed by atoms with E-state index in [2.05, 4.69) is 15.6 Å². The van der Waals surface area contributed by atoms with E-state index < -0.39 is 5.92 Å². The van der Waals surface area contributed by atoms with E-state index in [4.69, 9.17) is 5.73 Å². The van der Waals surface area contributed by atoms with Crippen molar-refractivity contribution in [2.75, 3.05) is 26.7 Å². The molecule has 8 nitrogen and oxygen atoms in total. The van der Waals surface area contributed by atoms with E-state index in [9.17, 15) is 14.4 Å². The van der Waals surface area contributed by atoms with Gasteiger partial charge in [-0.2, -0.15) is 0 Å². The number of nitrogens with two attached hydrogens (primary N) is 1. The summed E-state index contributed by atoms with van der Waals surface area (Å²) in [7, 11) is 1.71. The Hall–Kier alpha value is -2.48. The van der Waals surface area contributed by atoms with Gasteiger partial charge >= 0.3 is 0 Å². The molecule has 0 radical (unpaired) electrons. The van der Waals surface area contributed by atoms with E-state index in [1.807, 2.05) is 6.07 Å². The minimum absolute atomic E-state index is 0.0265. The molecule has 142 valence electrons. The number of carbonyl (C=O) groups is 3. The summed E-state index contributed by atoms with van der Waals surface area (Å²) in [5, 5.41) is 5.67. The molecule has 0 aromatic carbocycles. The third kappa shape index (κ3) is 5.26. The lowest BCUT2D eigenvalue weighted by Crippen LogP contribution is -2.36. The molecule has 2 rings (SSSR count). The van der Waals surface area contributed by atoms with Crippen LogP contribution in [0.5, 0.6) is 0 Å². The van der Waals surface area contributed by atoms with Crippen LogP contribution < -0.4 is 16.4 Å². The Morgan fingerprint density at radius 3 is 2.77 bits per heavy atom. The van der Waals surface area contributed by atoms with Crippen molar-refractivity contribution in [2.24, 2.45) is 11.7 Å². The number of carbonyl (C=O) groups excluding carboxylic acids is 3. The first kappa shape index (κ1) is 19.8. The van der Waals surface area contributed by atoms with E-state index in [1.165, 1.54) is 0 Å². The summed E-state index contributed by atoms with van der Waals surface area (Å²) in [6, 6.07) is 3.38. The van der Waals surface area contributed by atoms with Crippen LogP contribution in [-0.4, -0.2) is 54.3 Å². The molecule has 2 unspecified atom stereocenters. The van der Waals surface area contributed by atoms with Crippen molar-refractivity contribution in [1.29, 1.82) is 0 Å². The molecule has 4 N–H and O–H groups in total. The summed E-state index contributed by atoms with van der Waals surface area (Å²) >= 11 is 0. The normalized spacial score (nSPS) is 19.5. The van der Waals surface area contributed by atoms with Crippen molar-refractivity contribution in [3.8, 4) is 0 Å². The summed E-state index contributed by atoms with van der Waals surface area (Å²) in [4.78, 5) is 41.8. The molecule has 0 aliphatic carbocycles. The predicted molar refractivity (Wildman–Crippen MR) is 96.8 cm³/mol. The maximum atomic E-state index is 12.5. The summed E-state index contributed by atoms with van der Waals surface area (Å²) in [6.45, 7) is 1.44. The zero-order chi connectivity index (χ0) is 18.9. The van der Waals surface area contributed by atoms with Crippen molar-refractivity contribution in [3.63, 3.8) is 0 Å². The Morgan fingerprint density at radius 1 is 1.31 bits per heavy atom. The molecular formula is C18H27N5O3. The molecular weight excluding hydrogens is 334 g/mol. The lowest BCUT2D eigenvalue weighted by molar-refractivity contribution is -0.128. The molecule has 1 saturated heterocycles. The van der Waals surface area contributed by atoms with Crippen molar-refractivity contribution >= 4 is 17.7 Å². The molecule has 1 aliphatic rings. The van der Waals surface area contributed by atoms with Gasteiger partial charge in [0.2, 0.25) is 17.7 Å². The summed E-state index contributed by atoms with van der Waals surface area (Å²) < 4.78 is 0. The van der Waals surface area contributed by atoms with Gasteiger partial charge in [-0.25, -0.2) is 0 Å². The number of likely N-dealkylation sites (tertiary alicyclic amines) is 1. The fourth-order valence-electron chi connectivity index (χ4n) is 3.12. The van der Waals surface area contributed by atoms with Gasteiger partial charge in [-0.05, 0) is 31.0 Å². The van der Waals surface area contributed by atoms with Crippen molar-refractivity contribution < 1.29 is 14.4 Å². The van der Waals surface area contributed by atoms with E-state index in [0.717, 1.165) is 5.56 Å². The lowest BCUT2D eigenvalue weighted by Gasteiger charge is -2.24. The van der Waals surface area contributed by atoms with Crippen LogP contribution in [-0.2, 0) is 14.4 Å². The molecule has 0 bridgehead atoms. The van der Waals surface area contributed by atoms with Gasteiger partial charge in [0.05, 0.1) is 12.0 Å². The number of rotatable bonds is 9. The van der Waals surface area contributed by atoms with Crippen LogP contribution in [0, 0.1) is 5.92 Å². The van der Waals surface area contributed by atoms with Crippen LogP contribution in [0.4, 0.5) is 0 Å². The Balaban J connectivity index is 1.80. The Labute approximate surface area is 153 Å². The molecule has 2 heterocycles. The second-order valence-corrected chi connectivity index (χ2v) is 6.43. The SMILES string of the molecule is CN1C(=O)CC(C(=O)NCCCNC(=O)CCCN)C1c1cccnc1. The van der Waals surface area contributed by atoms with E-state index >= 15 is 0 Å². The van der Waals surface area contributed by atoms with Gasteiger partial charge in [0.15, 0.2) is 0 Å². The Bertz CT molecular complexity index is 623. The first-order chi connectivity index (χ1) is 12.5. The maximum absolute atomic E-state index is 12.5. The summed E-state index contributed by atoms with van der Waals surface area (Å²) in [5.74, 6) is -0.658. The maximum Gasteiger partial charge on any atom is 0.226 e. The summed E-state index contributed by atoms with van der Waals surface area (Å²) in [6.07, 6.45) is 5.27. The van der Waals surface area contributed by atoms with Crippen LogP contribution in [0.2, 0.25) is 0 Å². The van der Waals surface area contributed by atoms with E-state index in [0.29, 0.717) is 38.9 Å². The van der Waals surface area contributed by atoms with Crippen molar-refractivity contribution in [3.05, 3.63) is 30.1 Å². The second kappa shape index (κ2) is 9.86. The van der Waals surface area contributed by atoms with Crippen LogP contribution in [0.15, 0.2) is 24.5 Å². The summed E-state index contributed by atoms with van der Waals surface area (Å²) in [5.41, 5.74) is 6.21. The molecule has 0 spiro atoms. The van der Waals surface area contributed by atoms with Crippen LogP contribution in [0.25, 0.3) is 0 Å². The first-order valence-electron chi connectivity index (χ1n) is 8.94. The Kier molecular flexibility index (Phi) is 7.53. The number of pyridine rings is 1. The molecule has 1 aromatic heterocycles. The smallest absolute Gasteiger partial charge is 0.226 e. The minimum Gasteiger partial charge on any atom is -0.356 e. The van der Waals surface area contributed by atoms with Gasteiger partial charge in [-0.1, -0.05) is 6.07 Å². The van der Waals surface area contributed by atoms with E-state index in [1.54, 1.807) is 30.4 Å². The standard InChI is InChI=1S/C18H27N5O3/c1-23-16(25)11-14(17(23)13-5-3-8-20-12-13)18(26)22-10-4-9-21-15(24)6-2-7-19/h3,5,8,12,14,17H,2,4,6-7,9-11,19H2,1H3,(H,21,24)(H,22,26). The minimum atomic E-state index is -0.434. The molecule has 1 aromatic rings. The molecule has 1 aliphatic heterocycles. The average Bonchev–Trinajstić information content (AvgIpc) is 2.95. The number of aromatic nitrogens is 1.